The lowest BCUT2D eigenvalue weighted by molar-refractivity contribution is -0.124. The molecule has 2 N–H and O–H groups in total. The van der Waals surface area contributed by atoms with Crippen LogP contribution in [-0.4, -0.2) is 25.6 Å². The summed E-state index contributed by atoms with van der Waals surface area (Å²) in [6.07, 6.45) is 5.53. The quantitative estimate of drug-likeness (QED) is 0.301. The van der Waals surface area contributed by atoms with Crippen molar-refractivity contribution < 1.29 is 10.0 Å². The van der Waals surface area contributed by atoms with Gasteiger partial charge < -0.3 is 4.57 Å². The number of imidazole rings is 1. The molecule has 1 amide bonds. The van der Waals surface area contributed by atoms with Crippen LogP contribution in [0.3, 0.4) is 0 Å². The van der Waals surface area contributed by atoms with E-state index >= 15 is 0 Å². The first kappa shape index (κ1) is 18.6. The minimum atomic E-state index is -0.571. The van der Waals surface area contributed by atoms with Gasteiger partial charge in [-0.2, -0.15) is 0 Å². The van der Waals surface area contributed by atoms with E-state index in [9.17, 15) is 4.79 Å². The summed E-state index contributed by atoms with van der Waals surface area (Å²) in [5, 5.41) is 8.65. The maximum Gasteiger partial charge on any atom is 0.267 e. The molecule has 4 rings (SSSR count). The molecule has 0 spiro atoms. The Morgan fingerprint density at radius 1 is 1.07 bits per heavy atom. The number of rotatable bonds is 6. The van der Waals surface area contributed by atoms with E-state index in [0.29, 0.717) is 0 Å². The standard InChI is InChI=1S/C23H20N4O2/c28-22(26-29)12-11-17-6-5-7-18(16-17)23-25-20-9-1-2-10-21(20)27(23)15-13-19-8-3-4-14-24-19/h1-12,14,16,29H,13,15H2,(H,26,28). The molecule has 2 aromatic carbocycles. The number of aromatic nitrogens is 3. The first-order valence-electron chi connectivity index (χ1n) is 9.32. The van der Waals surface area contributed by atoms with Crippen molar-refractivity contribution in [3.8, 4) is 11.4 Å². The van der Waals surface area contributed by atoms with Crippen molar-refractivity contribution in [2.45, 2.75) is 13.0 Å². The second-order valence-corrected chi connectivity index (χ2v) is 6.58. The fourth-order valence-corrected chi connectivity index (χ4v) is 3.29. The van der Waals surface area contributed by atoms with E-state index in [4.69, 9.17) is 10.2 Å². The van der Waals surface area contributed by atoms with Gasteiger partial charge in [-0.1, -0.05) is 36.4 Å². The Morgan fingerprint density at radius 2 is 1.93 bits per heavy atom. The largest absolute Gasteiger partial charge is 0.324 e. The van der Waals surface area contributed by atoms with Gasteiger partial charge in [0.1, 0.15) is 5.82 Å². The minimum Gasteiger partial charge on any atom is -0.324 e. The molecule has 4 aromatic rings. The third-order valence-corrected chi connectivity index (χ3v) is 4.65. The van der Waals surface area contributed by atoms with Crippen LogP contribution in [-0.2, 0) is 17.8 Å². The smallest absolute Gasteiger partial charge is 0.267 e. The molecule has 0 aliphatic carbocycles. The van der Waals surface area contributed by atoms with Gasteiger partial charge in [0.05, 0.1) is 11.0 Å². The number of carbonyl (C=O) groups excluding carboxylic acids is 1. The maximum atomic E-state index is 11.3. The zero-order chi connectivity index (χ0) is 20.1. The molecule has 0 aliphatic rings. The fraction of sp³-hybridized carbons (Fsp3) is 0.0870. The van der Waals surface area contributed by atoms with Crippen LogP contribution < -0.4 is 5.48 Å². The number of benzene rings is 2. The third-order valence-electron chi connectivity index (χ3n) is 4.65. The van der Waals surface area contributed by atoms with Crippen LogP contribution in [0.15, 0.2) is 79.0 Å². The SMILES string of the molecule is O=C(C=Cc1cccc(-c2nc3ccccc3n2CCc2ccccn2)c1)NO. The van der Waals surface area contributed by atoms with Gasteiger partial charge in [0.15, 0.2) is 0 Å². The summed E-state index contributed by atoms with van der Waals surface area (Å²) < 4.78 is 2.20. The summed E-state index contributed by atoms with van der Waals surface area (Å²) in [4.78, 5) is 20.5. The molecule has 0 saturated carbocycles. The van der Waals surface area contributed by atoms with Crippen molar-refractivity contribution in [2.24, 2.45) is 0 Å². The van der Waals surface area contributed by atoms with Crippen LogP contribution in [0.25, 0.3) is 28.5 Å². The first-order valence-corrected chi connectivity index (χ1v) is 9.32. The molecule has 6 heteroatoms. The number of aryl methyl sites for hydroxylation is 2. The predicted octanol–water partition coefficient (Wildman–Crippen LogP) is 3.86. The Labute approximate surface area is 168 Å². The van der Waals surface area contributed by atoms with Crippen molar-refractivity contribution in [3.63, 3.8) is 0 Å². The Hall–Kier alpha value is -3.77. The van der Waals surface area contributed by atoms with Crippen LogP contribution in [0.5, 0.6) is 0 Å². The van der Waals surface area contributed by atoms with E-state index in [1.165, 1.54) is 6.08 Å². The summed E-state index contributed by atoms with van der Waals surface area (Å²) in [6.45, 7) is 0.750. The van der Waals surface area contributed by atoms with E-state index in [2.05, 4.69) is 15.6 Å². The molecule has 0 saturated heterocycles. The number of fused-ring (bicyclic) bond motifs is 1. The summed E-state index contributed by atoms with van der Waals surface area (Å²) in [5.74, 6) is 0.294. The molecular formula is C23H20N4O2. The Kier molecular flexibility index (Phi) is 5.45. The highest BCUT2D eigenvalue weighted by Crippen LogP contribution is 2.26. The van der Waals surface area contributed by atoms with Crippen LogP contribution in [0, 0.1) is 0 Å². The molecule has 0 unspecified atom stereocenters. The number of hydrogen-bond acceptors (Lipinski definition) is 4. The summed E-state index contributed by atoms with van der Waals surface area (Å²) in [5.41, 5.74) is 6.42. The fourth-order valence-electron chi connectivity index (χ4n) is 3.29. The average molecular weight is 384 g/mol. The molecule has 2 heterocycles. The van der Waals surface area contributed by atoms with Crippen molar-refractivity contribution >= 4 is 23.0 Å². The molecule has 0 aliphatic heterocycles. The molecule has 0 atom stereocenters. The monoisotopic (exact) mass is 384 g/mol. The predicted molar refractivity (Wildman–Crippen MR) is 112 cm³/mol. The average Bonchev–Trinajstić information content (AvgIpc) is 3.15. The van der Waals surface area contributed by atoms with Gasteiger partial charge >= 0.3 is 0 Å². The normalized spacial score (nSPS) is 11.2. The van der Waals surface area contributed by atoms with Crippen LogP contribution >= 0.6 is 0 Å². The first-order chi connectivity index (χ1) is 14.2. The van der Waals surface area contributed by atoms with Gasteiger partial charge in [-0.25, -0.2) is 10.5 Å². The van der Waals surface area contributed by atoms with Gasteiger partial charge in [-0.05, 0) is 42.0 Å². The summed E-state index contributed by atoms with van der Waals surface area (Å²) in [7, 11) is 0. The molecule has 6 nitrogen and oxygen atoms in total. The van der Waals surface area contributed by atoms with E-state index < -0.39 is 5.91 Å². The molecule has 144 valence electrons. The second-order valence-electron chi connectivity index (χ2n) is 6.58. The highest BCUT2D eigenvalue weighted by atomic mass is 16.5. The number of hydrogen-bond donors (Lipinski definition) is 2. The molecule has 2 aromatic heterocycles. The third kappa shape index (κ3) is 4.23. The molecular weight excluding hydrogens is 364 g/mol. The van der Waals surface area contributed by atoms with Gasteiger partial charge in [0, 0.05) is 36.5 Å². The van der Waals surface area contributed by atoms with Crippen molar-refractivity contribution in [1.29, 1.82) is 0 Å². The topological polar surface area (TPSA) is 80.0 Å². The van der Waals surface area contributed by atoms with Gasteiger partial charge in [0.2, 0.25) is 0 Å². The zero-order valence-corrected chi connectivity index (χ0v) is 15.7. The van der Waals surface area contributed by atoms with E-state index in [0.717, 1.165) is 46.6 Å². The maximum absolute atomic E-state index is 11.3. The number of nitrogens with zero attached hydrogens (tertiary/aromatic N) is 3. The van der Waals surface area contributed by atoms with Crippen molar-refractivity contribution in [2.75, 3.05) is 0 Å². The van der Waals surface area contributed by atoms with Crippen LogP contribution in [0.4, 0.5) is 0 Å². The van der Waals surface area contributed by atoms with Crippen LogP contribution in [0.2, 0.25) is 0 Å². The van der Waals surface area contributed by atoms with Gasteiger partial charge in [-0.3, -0.25) is 15.0 Å². The van der Waals surface area contributed by atoms with Gasteiger partial charge in [-0.15, -0.1) is 0 Å². The van der Waals surface area contributed by atoms with E-state index in [1.54, 1.807) is 17.8 Å². The van der Waals surface area contributed by atoms with E-state index in [1.807, 2.05) is 60.7 Å². The lowest BCUT2D eigenvalue weighted by Gasteiger charge is -2.10. The van der Waals surface area contributed by atoms with Crippen molar-refractivity contribution in [1.82, 2.24) is 20.0 Å². The van der Waals surface area contributed by atoms with E-state index in [-0.39, 0.29) is 0 Å². The Bertz CT molecular complexity index is 1170. The number of carbonyl (C=O) groups is 1. The number of pyridine rings is 1. The number of hydroxylamine groups is 1. The second kappa shape index (κ2) is 8.50. The molecule has 0 bridgehead atoms. The number of amides is 1. The highest BCUT2D eigenvalue weighted by molar-refractivity contribution is 5.91. The van der Waals surface area contributed by atoms with Gasteiger partial charge in [0.25, 0.3) is 5.91 Å². The molecule has 0 fully saturated rings. The molecule has 29 heavy (non-hydrogen) atoms. The number of para-hydroxylation sites is 2. The van der Waals surface area contributed by atoms with Crippen molar-refractivity contribution in [3.05, 3.63) is 90.3 Å². The summed E-state index contributed by atoms with van der Waals surface area (Å²) >= 11 is 0. The minimum absolute atomic E-state index is 0.571. The Morgan fingerprint density at radius 3 is 2.76 bits per heavy atom. The lowest BCUT2D eigenvalue weighted by atomic mass is 10.1. The Balaban J connectivity index is 1.72. The number of nitrogens with one attached hydrogen (secondary N) is 1. The lowest BCUT2D eigenvalue weighted by Crippen LogP contribution is -2.14. The highest BCUT2D eigenvalue weighted by Gasteiger charge is 2.13. The zero-order valence-electron chi connectivity index (χ0n) is 15.7. The van der Waals surface area contributed by atoms with Crippen LogP contribution in [0.1, 0.15) is 11.3 Å². The summed E-state index contributed by atoms with van der Waals surface area (Å²) in [6, 6.07) is 21.8. The molecule has 0 radical (unpaired) electrons.